The maximum absolute atomic E-state index is 10.2. The van der Waals surface area contributed by atoms with Crippen LogP contribution in [0.4, 0.5) is 4.79 Å². The average molecular weight is 145 g/mol. The molecule has 0 radical (unpaired) electrons. The predicted octanol–water partition coefficient (Wildman–Crippen LogP) is 0.348. The number of urea groups is 1. The molecule has 2 amide bonds. The third-order valence-corrected chi connectivity index (χ3v) is 1.41. The zero-order valence-electron chi connectivity index (χ0n) is 6.69. The molecule has 0 heterocycles. The van der Waals surface area contributed by atoms with Gasteiger partial charge in [0.15, 0.2) is 0 Å². The van der Waals surface area contributed by atoms with Crippen LogP contribution in [0.1, 0.15) is 27.2 Å². The molecule has 0 aromatic rings. The van der Waals surface area contributed by atoms with Gasteiger partial charge in [0.2, 0.25) is 0 Å². The molecular formula is C6H15N3O. The molecule has 4 N–H and O–H groups in total. The number of primary amides is 1. The van der Waals surface area contributed by atoms with Gasteiger partial charge in [-0.1, -0.05) is 6.92 Å². The van der Waals surface area contributed by atoms with Crippen LogP contribution in [-0.4, -0.2) is 11.6 Å². The summed E-state index contributed by atoms with van der Waals surface area (Å²) in [4.78, 5) is 10.2. The highest BCUT2D eigenvalue weighted by atomic mass is 16.2. The number of carbonyl (C=O) groups is 1. The fourth-order valence-corrected chi connectivity index (χ4v) is 0.319. The van der Waals surface area contributed by atoms with Crippen molar-refractivity contribution in [1.82, 2.24) is 10.9 Å². The van der Waals surface area contributed by atoms with E-state index in [-0.39, 0.29) is 5.54 Å². The minimum absolute atomic E-state index is 0.0883. The van der Waals surface area contributed by atoms with Crippen LogP contribution in [0.15, 0.2) is 0 Å². The summed E-state index contributed by atoms with van der Waals surface area (Å²) in [6, 6.07) is -0.554. The molecule has 0 aromatic heterocycles. The summed E-state index contributed by atoms with van der Waals surface area (Å²) >= 11 is 0. The molecule has 0 aliphatic heterocycles. The van der Waals surface area contributed by atoms with Gasteiger partial charge in [0.05, 0.1) is 0 Å². The number of hydrazine groups is 1. The molecule has 0 saturated carbocycles. The molecule has 0 atom stereocenters. The molecular weight excluding hydrogens is 130 g/mol. The molecule has 0 aliphatic carbocycles. The number of hydrogen-bond donors (Lipinski definition) is 3. The number of carbonyl (C=O) groups excluding carboxylic acids is 1. The first-order valence-electron chi connectivity index (χ1n) is 3.30. The molecule has 0 bridgehead atoms. The van der Waals surface area contributed by atoms with E-state index in [4.69, 9.17) is 5.73 Å². The van der Waals surface area contributed by atoms with Gasteiger partial charge in [0.25, 0.3) is 0 Å². The van der Waals surface area contributed by atoms with Gasteiger partial charge in [0, 0.05) is 5.54 Å². The Hall–Kier alpha value is -0.770. The average Bonchev–Trinajstić information content (AvgIpc) is 1.85. The van der Waals surface area contributed by atoms with Crippen LogP contribution in [0.3, 0.4) is 0 Å². The Balaban J connectivity index is 3.56. The molecule has 0 spiro atoms. The minimum Gasteiger partial charge on any atom is -0.351 e. The Bertz CT molecular complexity index is 122. The SMILES string of the molecule is CCC(C)(C)NNC(N)=O. The van der Waals surface area contributed by atoms with Crippen molar-refractivity contribution in [2.24, 2.45) is 5.73 Å². The minimum atomic E-state index is -0.554. The molecule has 0 fully saturated rings. The predicted molar refractivity (Wildman–Crippen MR) is 40.2 cm³/mol. The van der Waals surface area contributed by atoms with Gasteiger partial charge in [-0.3, -0.25) is 5.43 Å². The van der Waals surface area contributed by atoms with E-state index in [1.165, 1.54) is 0 Å². The lowest BCUT2D eigenvalue weighted by Gasteiger charge is -2.23. The van der Waals surface area contributed by atoms with Gasteiger partial charge in [-0.2, -0.15) is 0 Å². The van der Waals surface area contributed by atoms with Crippen molar-refractivity contribution < 1.29 is 4.79 Å². The van der Waals surface area contributed by atoms with Crippen LogP contribution < -0.4 is 16.6 Å². The number of rotatable bonds is 3. The summed E-state index contributed by atoms with van der Waals surface area (Å²) in [6.45, 7) is 5.97. The van der Waals surface area contributed by atoms with E-state index < -0.39 is 6.03 Å². The van der Waals surface area contributed by atoms with Gasteiger partial charge < -0.3 is 5.73 Å². The number of hydrogen-bond acceptors (Lipinski definition) is 2. The largest absolute Gasteiger partial charge is 0.351 e. The van der Waals surface area contributed by atoms with Gasteiger partial charge in [-0.05, 0) is 20.3 Å². The maximum Gasteiger partial charge on any atom is 0.326 e. The Morgan fingerprint density at radius 1 is 1.60 bits per heavy atom. The topological polar surface area (TPSA) is 67.2 Å². The summed E-state index contributed by atoms with van der Waals surface area (Å²) < 4.78 is 0. The van der Waals surface area contributed by atoms with E-state index in [1.54, 1.807) is 0 Å². The van der Waals surface area contributed by atoms with Crippen LogP contribution in [-0.2, 0) is 0 Å². The standard InChI is InChI=1S/C6H15N3O/c1-4-6(2,3)9-8-5(7)10/h9H,4H2,1-3H3,(H3,7,8,10). The van der Waals surface area contributed by atoms with Gasteiger partial charge in [0.1, 0.15) is 0 Å². The first-order valence-corrected chi connectivity index (χ1v) is 3.30. The Morgan fingerprint density at radius 2 is 2.10 bits per heavy atom. The first kappa shape index (κ1) is 9.23. The van der Waals surface area contributed by atoms with Crippen molar-refractivity contribution in [3.05, 3.63) is 0 Å². The van der Waals surface area contributed by atoms with Crippen molar-refractivity contribution >= 4 is 6.03 Å². The molecule has 0 saturated heterocycles. The van der Waals surface area contributed by atoms with Crippen LogP contribution in [0.25, 0.3) is 0 Å². The van der Waals surface area contributed by atoms with Crippen LogP contribution in [0, 0.1) is 0 Å². The molecule has 0 aromatic carbocycles. The van der Waals surface area contributed by atoms with Crippen molar-refractivity contribution in [2.45, 2.75) is 32.7 Å². The normalized spacial score (nSPS) is 11.1. The smallest absolute Gasteiger partial charge is 0.326 e. The van der Waals surface area contributed by atoms with E-state index in [0.29, 0.717) is 0 Å². The highest BCUT2D eigenvalue weighted by Crippen LogP contribution is 2.03. The number of amides is 2. The molecule has 0 rings (SSSR count). The van der Waals surface area contributed by atoms with Gasteiger partial charge in [-0.15, -0.1) is 0 Å². The maximum atomic E-state index is 10.2. The van der Waals surface area contributed by atoms with Crippen LogP contribution >= 0.6 is 0 Å². The van der Waals surface area contributed by atoms with Crippen LogP contribution in [0.2, 0.25) is 0 Å². The van der Waals surface area contributed by atoms with E-state index in [0.717, 1.165) is 6.42 Å². The summed E-state index contributed by atoms with van der Waals surface area (Å²) in [5, 5.41) is 0. The number of nitrogens with two attached hydrogens (primary N) is 1. The second-order valence-electron chi connectivity index (χ2n) is 2.85. The van der Waals surface area contributed by atoms with E-state index in [2.05, 4.69) is 10.9 Å². The molecule has 0 aliphatic rings. The Kier molecular flexibility index (Phi) is 3.15. The third kappa shape index (κ3) is 4.14. The second-order valence-corrected chi connectivity index (χ2v) is 2.85. The molecule has 4 nitrogen and oxygen atoms in total. The second kappa shape index (κ2) is 3.41. The Labute approximate surface area is 61.1 Å². The highest BCUT2D eigenvalue weighted by molar-refractivity contribution is 5.70. The van der Waals surface area contributed by atoms with E-state index in [9.17, 15) is 4.79 Å². The lowest BCUT2D eigenvalue weighted by Crippen LogP contribution is -2.51. The lowest BCUT2D eigenvalue weighted by molar-refractivity contribution is 0.234. The number of nitrogens with one attached hydrogen (secondary N) is 2. The third-order valence-electron chi connectivity index (χ3n) is 1.41. The molecule has 10 heavy (non-hydrogen) atoms. The summed E-state index contributed by atoms with van der Waals surface area (Å²) in [5.41, 5.74) is 9.86. The summed E-state index contributed by atoms with van der Waals surface area (Å²) in [7, 11) is 0. The van der Waals surface area contributed by atoms with Crippen molar-refractivity contribution in [2.75, 3.05) is 0 Å². The fraction of sp³-hybridized carbons (Fsp3) is 0.833. The van der Waals surface area contributed by atoms with E-state index in [1.807, 2.05) is 20.8 Å². The van der Waals surface area contributed by atoms with Crippen LogP contribution in [0.5, 0.6) is 0 Å². The zero-order chi connectivity index (χ0) is 8.20. The summed E-state index contributed by atoms with van der Waals surface area (Å²) in [6.07, 6.45) is 0.924. The molecule has 60 valence electrons. The Morgan fingerprint density at radius 3 is 2.40 bits per heavy atom. The quantitative estimate of drug-likeness (QED) is 0.501. The first-order chi connectivity index (χ1) is 4.48. The summed E-state index contributed by atoms with van der Waals surface area (Å²) in [5.74, 6) is 0. The van der Waals surface area contributed by atoms with Crippen molar-refractivity contribution in [3.8, 4) is 0 Å². The monoisotopic (exact) mass is 145 g/mol. The van der Waals surface area contributed by atoms with Crippen molar-refractivity contribution in [1.29, 1.82) is 0 Å². The van der Waals surface area contributed by atoms with Crippen molar-refractivity contribution in [3.63, 3.8) is 0 Å². The molecule has 0 unspecified atom stereocenters. The van der Waals surface area contributed by atoms with Gasteiger partial charge in [-0.25, -0.2) is 10.2 Å². The molecule has 4 heteroatoms. The lowest BCUT2D eigenvalue weighted by atomic mass is 10.0. The van der Waals surface area contributed by atoms with Gasteiger partial charge >= 0.3 is 6.03 Å². The zero-order valence-corrected chi connectivity index (χ0v) is 6.69. The van der Waals surface area contributed by atoms with E-state index >= 15 is 0 Å². The fourth-order valence-electron chi connectivity index (χ4n) is 0.319. The highest BCUT2D eigenvalue weighted by Gasteiger charge is 2.13.